The number of hydrogen-bond acceptors (Lipinski definition) is 1. The van der Waals surface area contributed by atoms with E-state index < -0.39 is 0 Å². The van der Waals surface area contributed by atoms with Gasteiger partial charge in [0.25, 0.3) is 0 Å². The molecule has 0 aromatic carbocycles. The summed E-state index contributed by atoms with van der Waals surface area (Å²) >= 11 is 5.23. The quantitative estimate of drug-likeness (QED) is 0.460. The number of nitriles is 1. The van der Waals surface area contributed by atoms with Gasteiger partial charge in [-0.05, 0) is 6.92 Å². The molecule has 0 aromatic heterocycles. The molecule has 0 radical (unpaired) electrons. The van der Waals surface area contributed by atoms with Gasteiger partial charge >= 0.3 is 0 Å². The molecular weight excluding hydrogens is 97.5 g/mol. The van der Waals surface area contributed by atoms with Gasteiger partial charge in [0.15, 0.2) is 0 Å². The number of hydrogen-bond donors (Lipinski definition) is 0. The van der Waals surface area contributed by atoms with Crippen LogP contribution in [0.3, 0.4) is 0 Å². The highest BCUT2D eigenvalue weighted by Gasteiger charge is 1.90. The molecule has 0 spiro atoms. The minimum Gasteiger partial charge on any atom is -0.198 e. The minimum absolute atomic E-state index is 0.00617. The summed E-state index contributed by atoms with van der Waals surface area (Å²) in [7, 11) is 0. The van der Waals surface area contributed by atoms with Gasteiger partial charge in [-0.2, -0.15) is 5.26 Å². The van der Waals surface area contributed by atoms with Crippen LogP contribution in [0.5, 0.6) is 0 Å². The third kappa shape index (κ3) is 2.04. The number of nitrogens with zero attached hydrogens (tertiary/aromatic N) is 1. The Kier molecular flexibility index (Phi) is 2.88. The zero-order chi connectivity index (χ0) is 4.99. The van der Waals surface area contributed by atoms with E-state index in [2.05, 4.69) is 0 Å². The van der Waals surface area contributed by atoms with Crippen molar-refractivity contribution in [2.75, 3.05) is 5.88 Å². The molecule has 0 unspecified atom stereocenters. The summed E-state index contributed by atoms with van der Waals surface area (Å²) in [6, 6.07) is 1.98. The third-order valence-corrected chi connectivity index (χ3v) is 0.915. The highest BCUT2D eigenvalue weighted by atomic mass is 35.5. The van der Waals surface area contributed by atoms with Crippen LogP contribution in [0.2, 0.25) is 0 Å². The van der Waals surface area contributed by atoms with Crippen molar-refractivity contribution in [2.24, 2.45) is 5.92 Å². The van der Waals surface area contributed by atoms with E-state index >= 15 is 0 Å². The Morgan fingerprint density at radius 3 is 2.50 bits per heavy atom. The highest BCUT2D eigenvalue weighted by Crippen LogP contribution is 1.91. The normalized spacial score (nSPS) is 12.8. The van der Waals surface area contributed by atoms with Crippen LogP contribution in [0.1, 0.15) is 6.92 Å². The molecule has 0 amide bonds. The molecular formula is C4H6ClN. The van der Waals surface area contributed by atoms with Gasteiger partial charge in [-0.25, -0.2) is 0 Å². The van der Waals surface area contributed by atoms with Crippen LogP contribution in [0.4, 0.5) is 0 Å². The Morgan fingerprint density at radius 1 is 2.00 bits per heavy atom. The first-order chi connectivity index (χ1) is 2.81. The summed E-state index contributed by atoms with van der Waals surface area (Å²) in [6.45, 7) is 1.78. The number of alkyl halides is 1. The lowest BCUT2D eigenvalue weighted by Crippen LogP contribution is -1.87. The van der Waals surface area contributed by atoms with Crippen molar-refractivity contribution < 1.29 is 0 Å². The van der Waals surface area contributed by atoms with Gasteiger partial charge in [0.05, 0.1) is 12.0 Å². The van der Waals surface area contributed by atoms with Gasteiger partial charge in [0.2, 0.25) is 0 Å². The van der Waals surface area contributed by atoms with Crippen molar-refractivity contribution in [3.63, 3.8) is 0 Å². The number of rotatable bonds is 1. The summed E-state index contributed by atoms with van der Waals surface area (Å²) < 4.78 is 0. The lowest BCUT2D eigenvalue weighted by molar-refractivity contribution is 0.858. The van der Waals surface area contributed by atoms with Crippen LogP contribution in [0, 0.1) is 17.2 Å². The minimum atomic E-state index is 0.00617. The first-order valence-corrected chi connectivity index (χ1v) is 2.30. The fourth-order valence-corrected chi connectivity index (χ4v) is 0.104. The highest BCUT2D eigenvalue weighted by molar-refractivity contribution is 6.18. The summed E-state index contributed by atoms with van der Waals surface area (Å²) in [6.07, 6.45) is 0. The van der Waals surface area contributed by atoms with Gasteiger partial charge in [-0.1, -0.05) is 0 Å². The molecule has 34 valence electrons. The predicted molar refractivity (Wildman–Crippen MR) is 25.5 cm³/mol. The van der Waals surface area contributed by atoms with Gasteiger partial charge in [0.1, 0.15) is 0 Å². The van der Waals surface area contributed by atoms with Crippen molar-refractivity contribution >= 4 is 11.6 Å². The lowest BCUT2D eigenvalue weighted by atomic mass is 10.3. The van der Waals surface area contributed by atoms with Crippen molar-refractivity contribution in [2.45, 2.75) is 6.92 Å². The van der Waals surface area contributed by atoms with Crippen LogP contribution in [0.25, 0.3) is 0 Å². The van der Waals surface area contributed by atoms with Crippen LogP contribution in [0.15, 0.2) is 0 Å². The van der Waals surface area contributed by atoms with Crippen LogP contribution >= 0.6 is 11.6 Å². The third-order valence-electron chi connectivity index (χ3n) is 0.452. The maximum atomic E-state index is 8.00. The first-order valence-electron chi connectivity index (χ1n) is 1.77. The summed E-state index contributed by atoms with van der Waals surface area (Å²) in [5, 5.41) is 8.00. The maximum Gasteiger partial charge on any atom is 0.0665 e. The average molecular weight is 104 g/mol. The second-order valence-corrected chi connectivity index (χ2v) is 1.49. The van der Waals surface area contributed by atoms with Crippen molar-refractivity contribution in [1.82, 2.24) is 0 Å². The van der Waals surface area contributed by atoms with E-state index in [-0.39, 0.29) is 5.92 Å². The van der Waals surface area contributed by atoms with Gasteiger partial charge < -0.3 is 0 Å². The van der Waals surface area contributed by atoms with Crippen LogP contribution in [-0.2, 0) is 0 Å². The maximum absolute atomic E-state index is 8.00. The standard InChI is InChI=1S/C4H6ClN/c1-4(2-5)3-6/h4H,2H2,1H3/t4-/m1/s1. The van der Waals surface area contributed by atoms with E-state index in [1.54, 1.807) is 6.92 Å². The molecule has 1 atom stereocenters. The summed E-state index contributed by atoms with van der Waals surface area (Å²) in [5.41, 5.74) is 0. The fraction of sp³-hybridized carbons (Fsp3) is 0.750. The first kappa shape index (κ1) is 5.78. The molecule has 2 heteroatoms. The fourth-order valence-electron chi connectivity index (χ4n) is 0.0345. The Bertz CT molecular complexity index is 64.4. The molecule has 0 bridgehead atoms. The molecule has 0 N–H and O–H groups in total. The molecule has 0 heterocycles. The van der Waals surface area contributed by atoms with Crippen LogP contribution in [-0.4, -0.2) is 5.88 Å². The Morgan fingerprint density at radius 2 is 2.50 bits per heavy atom. The largest absolute Gasteiger partial charge is 0.198 e. The second-order valence-electron chi connectivity index (χ2n) is 1.18. The topological polar surface area (TPSA) is 23.8 Å². The molecule has 0 aliphatic heterocycles. The van der Waals surface area contributed by atoms with E-state index in [4.69, 9.17) is 16.9 Å². The molecule has 0 saturated heterocycles. The van der Waals surface area contributed by atoms with Gasteiger partial charge in [0, 0.05) is 5.88 Å². The molecule has 0 rings (SSSR count). The Labute approximate surface area is 42.5 Å². The Hall–Kier alpha value is -0.220. The van der Waals surface area contributed by atoms with E-state index in [1.165, 1.54) is 0 Å². The molecule has 0 fully saturated rings. The number of halogens is 1. The van der Waals surface area contributed by atoms with Crippen molar-refractivity contribution in [3.8, 4) is 6.07 Å². The molecule has 1 nitrogen and oxygen atoms in total. The average Bonchev–Trinajstić information content (AvgIpc) is 1.65. The van der Waals surface area contributed by atoms with Crippen molar-refractivity contribution in [3.05, 3.63) is 0 Å². The molecule has 0 saturated carbocycles. The lowest BCUT2D eigenvalue weighted by Gasteiger charge is -1.85. The zero-order valence-corrected chi connectivity index (χ0v) is 4.37. The molecule has 0 aromatic rings. The van der Waals surface area contributed by atoms with E-state index in [9.17, 15) is 0 Å². The molecule has 6 heavy (non-hydrogen) atoms. The van der Waals surface area contributed by atoms with Crippen molar-refractivity contribution in [1.29, 1.82) is 5.26 Å². The zero-order valence-electron chi connectivity index (χ0n) is 3.61. The molecule has 0 aliphatic carbocycles. The van der Waals surface area contributed by atoms with Crippen LogP contribution < -0.4 is 0 Å². The van der Waals surface area contributed by atoms with Gasteiger partial charge in [-0.3, -0.25) is 0 Å². The monoisotopic (exact) mass is 103 g/mol. The Balaban J connectivity index is 3.04. The smallest absolute Gasteiger partial charge is 0.0665 e. The van der Waals surface area contributed by atoms with Gasteiger partial charge in [-0.15, -0.1) is 11.6 Å². The van der Waals surface area contributed by atoms with E-state index in [0.717, 1.165) is 0 Å². The summed E-state index contributed by atoms with van der Waals surface area (Å²) in [4.78, 5) is 0. The SMILES string of the molecule is C[C@@H](C#N)CCl. The summed E-state index contributed by atoms with van der Waals surface area (Å²) in [5.74, 6) is 0.447. The second kappa shape index (κ2) is 2.99. The van der Waals surface area contributed by atoms with E-state index in [1.807, 2.05) is 6.07 Å². The van der Waals surface area contributed by atoms with E-state index in [0.29, 0.717) is 5.88 Å². The molecule has 0 aliphatic rings. The predicted octanol–water partition coefficient (Wildman–Crippen LogP) is 1.38.